The van der Waals surface area contributed by atoms with Crippen LogP contribution in [0.1, 0.15) is 23.2 Å². The topological polar surface area (TPSA) is 142 Å². The lowest BCUT2D eigenvalue weighted by molar-refractivity contribution is 0.591. The van der Waals surface area contributed by atoms with E-state index in [0.717, 1.165) is 42.2 Å². The van der Waals surface area contributed by atoms with E-state index in [9.17, 15) is 14.4 Å². The van der Waals surface area contributed by atoms with E-state index >= 15 is 4.39 Å². The number of nitriles is 1. The van der Waals surface area contributed by atoms with Gasteiger partial charge in [0.05, 0.1) is 39.9 Å². The lowest BCUT2D eigenvalue weighted by Gasteiger charge is -2.25. The number of fused-ring (bicyclic) bond motifs is 3. The fourth-order valence-electron chi connectivity index (χ4n) is 6.02. The molecule has 0 aliphatic carbocycles. The van der Waals surface area contributed by atoms with Crippen molar-refractivity contribution in [1.29, 1.82) is 5.26 Å². The lowest BCUT2D eigenvalue weighted by atomic mass is 9.93. The van der Waals surface area contributed by atoms with Crippen LogP contribution in [0.5, 0.6) is 0 Å². The highest BCUT2D eigenvalue weighted by atomic mass is 32.1. The van der Waals surface area contributed by atoms with Gasteiger partial charge in [-0.1, -0.05) is 6.07 Å². The van der Waals surface area contributed by atoms with Gasteiger partial charge in [-0.25, -0.2) is 13.6 Å². The zero-order chi connectivity index (χ0) is 29.3. The molecular formula is C29H27F2N9OS. The first kappa shape index (κ1) is 26.4. The van der Waals surface area contributed by atoms with Crippen LogP contribution in [0.2, 0.25) is 0 Å². The van der Waals surface area contributed by atoms with Gasteiger partial charge in [0.1, 0.15) is 22.7 Å². The number of nitrogens with one attached hydrogen (secondary N) is 2. The summed E-state index contributed by atoms with van der Waals surface area (Å²) in [7, 11) is 2.04. The number of nitrogen functional groups attached to an aromatic ring is 1. The molecule has 0 bridgehead atoms. The number of thiophene rings is 1. The molecular weight excluding hydrogens is 560 g/mol. The van der Waals surface area contributed by atoms with Crippen molar-refractivity contribution in [3.8, 4) is 17.2 Å². The van der Waals surface area contributed by atoms with E-state index in [4.69, 9.17) is 5.73 Å². The maximum absolute atomic E-state index is 16.5. The molecule has 2 aliphatic heterocycles. The number of nitrogens with zero attached hydrogens (tertiary/aromatic N) is 6. The number of hydrogen-bond donors (Lipinski definition) is 3. The van der Waals surface area contributed by atoms with Crippen LogP contribution in [-0.4, -0.2) is 52.5 Å². The molecule has 0 amide bonds. The molecule has 2 aromatic carbocycles. The third kappa shape index (κ3) is 4.17. The summed E-state index contributed by atoms with van der Waals surface area (Å²) in [5.41, 5.74) is 8.52. The number of anilines is 3. The van der Waals surface area contributed by atoms with Crippen LogP contribution < -0.4 is 26.5 Å². The number of H-pyrrole nitrogens is 1. The highest BCUT2D eigenvalue weighted by Crippen LogP contribution is 2.44. The van der Waals surface area contributed by atoms with Crippen molar-refractivity contribution in [3.63, 3.8) is 0 Å². The Morgan fingerprint density at radius 1 is 1.31 bits per heavy atom. The van der Waals surface area contributed by atoms with Gasteiger partial charge in [0.25, 0.3) is 0 Å². The van der Waals surface area contributed by atoms with Crippen molar-refractivity contribution in [2.24, 2.45) is 0 Å². The summed E-state index contributed by atoms with van der Waals surface area (Å²) in [4.78, 5) is 24.0. The molecule has 10 nitrogen and oxygen atoms in total. The Balaban J connectivity index is 1.37. The highest BCUT2D eigenvalue weighted by molar-refractivity contribution is 7.23. The Kier molecular flexibility index (Phi) is 6.14. The predicted molar refractivity (Wildman–Crippen MR) is 160 cm³/mol. The molecule has 5 heterocycles. The van der Waals surface area contributed by atoms with E-state index < -0.39 is 17.3 Å². The molecule has 42 heavy (non-hydrogen) atoms. The fraction of sp³-hybridized carbons (Fsp3) is 0.310. The third-order valence-corrected chi connectivity index (χ3v) is 9.13. The van der Waals surface area contributed by atoms with Crippen LogP contribution in [0.4, 0.5) is 25.3 Å². The number of aryl methyl sites for hydroxylation is 2. The van der Waals surface area contributed by atoms with Crippen molar-refractivity contribution < 1.29 is 8.78 Å². The minimum atomic E-state index is -0.678. The van der Waals surface area contributed by atoms with Gasteiger partial charge in [-0.05, 0) is 36.6 Å². The average Bonchev–Trinajstić information content (AvgIpc) is 3.64. The van der Waals surface area contributed by atoms with Gasteiger partial charge < -0.3 is 25.8 Å². The number of nitrogens with two attached hydrogens (primary N) is 1. The quantitative estimate of drug-likeness (QED) is 0.263. The Morgan fingerprint density at radius 3 is 2.88 bits per heavy atom. The zero-order valence-corrected chi connectivity index (χ0v) is 23.8. The van der Waals surface area contributed by atoms with Crippen molar-refractivity contribution in [2.75, 3.05) is 42.2 Å². The normalized spacial score (nSPS) is 16.5. The van der Waals surface area contributed by atoms with Gasteiger partial charge in [0.2, 0.25) is 0 Å². The summed E-state index contributed by atoms with van der Waals surface area (Å²) in [6, 6.07) is 6.98. The van der Waals surface area contributed by atoms with E-state index in [2.05, 4.69) is 25.3 Å². The molecule has 4 N–H and O–H groups in total. The summed E-state index contributed by atoms with van der Waals surface area (Å²) in [6.45, 7) is 5.37. The molecule has 1 saturated heterocycles. The van der Waals surface area contributed by atoms with E-state index in [1.807, 2.05) is 28.9 Å². The third-order valence-electron chi connectivity index (χ3n) is 8.11. The lowest BCUT2D eigenvalue weighted by Crippen LogP contribution is -2.29. The summed E-state index contributed by atoms with van der Waals surface area (Å²) in [5.74, 6) is -0.829. The van der Waals surface area contributed by atoms with Crippen LogP contribution >= 0.6 is 11.3 Å². The number of aromatic nitrogens is 4. The van der Waals surface area contributed by atoms with Crippen LogP contribution in [0.3, 0.4) is 0 Å². The molecule has 7 rings (SSSR count). The number of rotatable bonds is 5. The molecule has 0 saturated carbocycles. The monoisotopic (exact) mass is 587 g/mol. The van der Waals surface area contributed by atoms with Gasteiger partial charge in [-0.15, -0.1) is 11.3 Å². The van der Waals surface area contributed by atoms with Gasteiger partial charge in [0, 0.05) is 55.6 Å². The second-order valence-electron chi connectivity index (χ2n) is 10.9. The maximum Gasteiger partial charge on any atom is 0.347 e. The van der Waals surface area contributed by atoms with E-state index in [1.54, 1.807) is 13.0 Å². The minimum absolute atomic E-state index is 0.000289. The molecule has 3 aromatic heterocycles. The Morgan fingerprint density at radius 2 is 2.12 bits per heavy atom. The number of benzene rings is 2. The molecule has 214 valence electrons. The number of halogens is 2. The summed E-state index contributed by atoms with van der Waals surface area (Å²) in [5, 5.41) is 18.6. The number of hydrogen-bond acceptors (Lipinski definition) is 9. The van der Waals surface area contributed by atoms with Crippen LogP contribution in [0.15, 0.2) is 29.2 Å². The molecule has 2 aliphatic rings. The largest absolute Gasteiger partial charge is 0.389 e. The summed E-state index contributed by atoms with van der Waals surface area (Å²) < 4.78 is 33.4. The van der Waals surface area contributed by atoms with Gasteiger partial charge in [-0.2, -0.15) is 15.3 Å². The molecule has 0 spiro atoms. The summed E-state index contributed by atoms with van der Waals surface area (Å²) >= 11 is 0.954. The van der Waals surface area contributed by atoms with Crippen LogP contribution in [0.25, 0.3) is 32.1 Å². The molecule has 1 fully saturated rings. The number of aromatic amines is 1. The fourth-order valence-corrected chi connectivity index (χ4v) is 6.97. The summed E-state index contributed by atoms with van der Waals surface area (Å²) in [6.07, 6.45) is 2.64. The van der Waals surface area contributed by atoms with Crippen molar-refractivity contribution in [3.05, 3.63) is 63.3 Å². The molecule has 0 radical (unpaired) electrons. The SMILES string of the molecule is Cc1cc2c(N3CCCn4ncc(N(C)CC5CN5)c4C3)nc(=O)[nH]c2c(F)c1-c1ccc(F)c2sc(N)c(C#N)c12. The van der Waals surface area contributed by atoms with E-state index in [0.29, 0.717) is 48.0 Å². The van der Waals surface area contributed by atoms with Crippen molar-refractivity contribution in [1.82, 2.24) is 25.1 Å². The molecule has 1 unspecified atom stereocenters. The van der Waals surface area contributed by atoms with E-state index in [1.165, 1.54) is 12.1 Å². The Bertz CT molecular complexity index is 2000. The minimum Gasteiger partial charge on any atom is -0.389 e. The first-order valence-corrected chi connectivity index (χ1v) is 14.4. The van der Waals surface area contributed by atoms with Gasteiger partial charge in [0.15, 0.2) is 5.82 Å². The molecule has 13 heteroatoms. The molecule has 1 atom stereocenters. The second kappa shape index (κ2) is 9.78. The first-order chi connectivity index (χ1) is 20.2. The Hall–Kier alpha value is -4.54. The van der Waals surface area contributed by atoms with Gasteiger partial charge >= 0.3 is 5.69 Å². The second-order valence-corrected chi connectivity index (χ2v) is 11.9. The van der Waals surface area contributed by atoms with Crippen molar-refractivity contribution in [2.45, 2.75) is 32.5 Å². The molecule has 5 aromatic rings. The van der Waals surface area contributed by atoms with Crippen molar-refractivity contribution >= 4 is 48.8 Å². The number of likely N-dealkylation sites (N-methyl/N-ethyl adjacent to an activating group) is 1. The maximum atomic E-state index is 16.5. The van der Waals surface area contributed by atoms with Crippen LogP contribution in [-0.2, 0) is 13.1 Å². The highest BCUT2D eigenvalue weighted by Gasteiger charge is 2.28. The first-order valence-electron chi connectivity index (χ1n) is 13.6. The average molecular weight is 588 g/mol. The smallest absolute Gasteiger partial charge is 0.347 e. The van der Waals surface area contributed by atoms with Crippen LogP contribution in [0, 0.1) is 29.9 Å². The predicted octanol–water partition coefficient (Wildman–Crippen LogP) is 3.86. The van der Waals surface area contributed by atoms with Gasteiger partial charge in [-0.3, -0.25) is 4.68 Å². The zero-order valence-electron chi connectivity index (χ0n) is 23.0. The standard InChI is InChI=1S/C29H27F2N9OS/c1-14-8-17-25(24(31)22(14)16-4-5-19(30)26-23(16)18(9-32)27(33)42-26)36-29(41)37-28(17)39-6-3-7-40-21(13-39)20(11-35-40)38(2)12-15-10-34-15/h4-5,8,11,15,34H,3,6-7,10,12-13,33H2,1-2H3,(H,36,37,41). The van der Waals surface area contributed by atoms with E-state index in [-0.39, 0.29) is 31.7 Å². The Labute approximate surface area is 243 Å².